The van der Waals surface area contributed by atoms with Crippen LogP contribution in [0.25, 0.3) is 11.4 Å². The van der Waals surface area contributed by atoms with E-state index in [0.717, 1.165) is 0 Å². The summed E-state index contributed by atoms with van der Waals surface area (Å²) in [6, 6.07) is 6.20. The van der Waals surface area contributed by atoms with Crippen molar-refractivity contribution in [2.75, 3.05) is 5.32 Å². The molecule has 2 aromatic heterocycles. The normalized spacial score (nSPS) is 11.5. The molecule has 0 saturated carbocycles. The molecule has 0 aliphatic rings. The molecule has 0 unspecified atom stereocenters. The molecule has 6 nitrogen and oxygen atoms in total. The van der Waals surface area contributed by atoms with E-state index in [9.17, 15) is 17.6 Å². The van der Waals surface area contributed by atoms with Gasteiger partial charge in [0.05, 0.1) is 5.56 Å². The Bertz CT molecular complexity index is 832. The van der Waals surface area contributed by atoms with E-state index in [2.05, 4.69) is 29.9 Å². The van der Waals surface area contributed by atoms with E-state index in [0.29, 0.717) is 5.56 Å². The Labute approximate surface area is 132 Å². The van der Waals surface area contributed by atoms with Crippen molar-refractivity contribution < 1.29 is 22.1 Å². The van der Waals surface area contributed by atoms with Crippen LogP contribution in [-0.4, -0.2) is 20.1 Å². The first-order chi connectivity index (χ1) is 11.4. The zero-order chi connectivity index (χ0) is 17.2. The molecule has 124 valence electrons. The molecule has 3 rings (SSSR count). The van der Waals surface area contributed by atoms with E-state index < -0.39 is 12.1 Å². The molecule has 0 aliphatic carbocycles. The second-order valence-electron chi connectivity index (χ2n) is 4.66. The second-order valence-corrected chi connectivity index (χ2v) is 4.66. The summed E-state index contributed by atoms with van der Waals surface area (Å²) >= 11 is 0. The van der Waals surface area contributed by atoms with Crippen molar-refractivity contribution >= 4 is 5.95 Å². The fourth-order valence-electron chi connectivity index (χ4n) is 1.81. The zero-order valence-corrected chi connectivity index (χ0v) is 11.9. The molecular formula is C14H9F4N5O. The molecule has 24 heavy (non-hydrogen) atoms. The maximum Gasteiger partial charge on any atom is 0.471 e. The van der Waals surface area contributed by atoms with Crippen LogP contribution in [0, 0.1) is 5.82 Å². The van der Waals surface area contributed by atoms with Crippen LogP contribution in [-0.2, 0) is 12.7 Å². The minimum atomic E-state index is -4.71. The lowest BCUT2D eigenvalue weighted by atomic mass is 10.2. The third-order valence-electron chi connectivity index (χ3n) is 2.97. The third kappa shape index (κ3) is 3.47. The fourth-order valence-corrected chi connectivity index (χ4v) is 1.81. The largest absolute Gasteiger partial charge is 0.471 e. The summed E-state index contributed by atoms with van der Waals surface area (Å²) in [5.74, 6) is -1.91. The smallest absolute Gasteiger partial charge is 0.350 e. The average Bonchev–Trinajstić information content (AvgIpc) is 3.05. The number of benzene rings is 1. The van der Waals surface area contributed by atoms with Crippen molar-refractivity contribution in [3.63, 3.8) is 0 Å². The highest BCUT2D eigenvalue weighted by Crippen LogP contribution is 2.29. The minimum absolute atomic E-state index is 0.158. The summed E-state index contributed by atoms with van der Waals surface area (Å²) in [5, 5.41) is 6.04. The van der Waals surface area contributed by atoms with Crippen LogP contribution in [0.4, 0.5) is 23.5 Å². The Hall–Kier alpha value is -3.04. The molecule has 0 radical (unpaired) electrons. The summed E-state index contributed by atoms with van der Waals surface area (Å²) in [5.41, 5.74) is 0.587. The van der Waals surface area contributed by atoms with Crippen molar-refractivity contribution in [3.05, 3.63) is 53.9 Å². The van der Waals surface area contributed by atoms with Crippen LogP contribution in [0.2, 0.25) is 0 Å². The molecule has 10 heteroatoms. The van der Waals surface area contributed by atoms with Gasteiger partial charge in [0.2, 0.25) is 11.8 Å². The quantitative estimate of drug-likeness (QED) is 0.735. The summed E-state index contributed by atoms with van der Waals surface area (Å²) in [4.78, 5) is 11.1. The minimum Gasteiger partial charge on any atom is -0.350 e. The number of hydrogen-bond donors (Lipinski definition) is 1. The SMILES string of the molecule is Fc1ccccc1CNc1ncc(-c2noc(C(F)(F)F)n2)cn1. The Morgan fingerprint density at radius 3 is 2.42 bits per heavy atom. The van der Waals surface area contributed by atoms with Crippen molar-refractivity contribution in [2.45, 2.75) is 12.7 Å². The number of alkyl halides is 3. The number of halogens is 4. The van der Waals surface area contributed by atoms with Gasteiger partial charge >= 0.3 is 12.1 Å². The lowest BCUT2D eigenvalue weighted by Crippen LogP contribution is -2.05. The highest BCUT2D eigenvalue weighted by atomic mass is 19.4. The van der Waals surface area contributed by atoms with Gasteiger partial charge in [0, 0.05) is 24.5 Å². The molecule has 0 aliphatic heterocycles. The standard InChI is InChI=1S/C14H9F4N5O/c15-10-4-2-1-3-8(10)5-19-13-20-6-9(7-21-13)11-22-12(24-23-11)14(16,17)18/h1-4,6-7H,5H2,(H,19,20,21). The fraction of sp³-hybridized carbons (Fsp3) is 0.143. The van der Waals surface area contributed by atoms with Crippen LogP contribution < -0.4 is 5.32 Å². The maximum absolute atomic E-state index is 13.5. The predicted octanol–water partition coefficient (Wildman–Crippen LogP) is 3.30. The Kier molecular flexibility index (Phi) is 4.11. The summed E-state index contributed by atoms with van der Waals surface area (Å²) in [7, 11) is 0. The van der Waals surface area contributed by atoms with E-state index in [4.69, 9.17) is 0 Å². The van der Waals surface area contributed by atoms with Crippen LogP contribution >= 0.6 is 0 Å². The highest BCUT2D eigenvalue weighted by molar-refractivity contribution is 5.52. The first kappa shape index (κ1) is 15.8. The number of nitrogens with one attached hydrogen (secondary N) is 1. The van der Waals surface area contributed by atoms with Crippen LogP contribution in [0.15, 0.2) is 41.2 Å². The van der Waals surface area contributed by atoms with E-state index in [1.165, 1.54) is 18.5 Å². The molecule has 0 fully saturated rings. The molecule has 0 bridgehead atoms. The van der Waals surface area contributed by atoms with Crippen molar-refractivity contribution in [2.24, 2.45) is 0 Å². The third-order valence-corrected chi connectivity index (χ3v) is 2.97. The number of nitrogens with zero attached hydrogens (tertiary/aromatic N) is 4. The average molecular weight is 339 g/mol. The Morgan fingerprint density at radius 1 is 1.08 bits per heavy atom. The van der Waals surface area contributed by atoms with E-state index in [-0.39, 0.29) is 29.7 Å². The summed E-state index contributed by atoms with van der Waals surface area (Å²) < 4.78 is 54.8. The first-order valence-corrected chi connectivity index (χ1v) is 6.64. The molecule has 0 atom stereocenters. The van der Waals surface area contributed by atoms with Crippen molar-refractivity contribution in [3.8, 4) is 11.4 Å². The van der Waals surface area contributed by atoms with Gasteiger partial charge in [0.1, 0.15) is 5.82 Å². The molecule has 0 saturated heterocycles. The van der Waals surface area contributed by atoms with Gasteiger partial charge in [0.15, 0.2) is 0 Å². The van der Waals surface area contributed by atoms with Gasteiger partial charge in [-0.25, -0.2) is 14.4 Å². The number of aromatic nitrogens is 4. The maximum atomic E-state index is 13.5. The lowest BCUT2D eigenvalue weighted by Gasteiger charge is -2.05. The van der Waals surface area contributed by atoms with Gasteiger partial charge in [-0.2, -0.15) is 18.2 Å². The Morgan fingerprint density at radius 2 is 1.79 bits per heavy atom. The molecule has 1 N–H and O–H groups in total. The van der Waals surface area contributed by atoms with Crippen molar-refractivity contribution in [1.82, 2.24) is 20.1 Å². The topological polar surface area (TPSA) is 76.7 Å². The van der Waals surface area contributed by atoms with Gasteiger partial charge < -0.3 is 9.84 Å². The Balaban J connectivity index is 1.69. The van der Waals surface area contributed by atoms with Gasteiger partial charge in [0.25, 0.3) is 0 Å². The first-order valence-electron chi connectivity index (χ1n) is 6.64. The van der Waals surface area contributed by atoms with E-state index >= 15 is 0 Å². The lowest BCUT2D eigenvalue weighted by molar-refractivity contribution is -0.159. The second kappa shape index (κ2) is 6.22. The molecule has 0 spiro atoms. The molecule has 2 heterocycles. The zero-order valence-electron chi connectivity index (χ0n) is 11.9. The van der Waals surface area contributed by atoms with E-state index in [1.54, 1.807) is 18.2 Å². The molecular weight excluding hydrogens is 330 g/mol. The van der Waals surface area contributed by atoms with E-state index in [1.807, 2.05) is 0 Å². The summed E-state index contributed by atoms with van der Waals surface area (Å²) in [6.45, 7) is 0.159. The van der Waals surface area contributed by atoms with Gasteiger partial charge in [-0.1, -0.05) is 23.4 Å². The van der Waals surface area contributed by atoms with Crippen LogP contribution in [0.1, 0.15) is 11.5 Å². The van der Waals surface area contributed by atoms with Gasteiger partial charge in [-0.05, 0) is 6.07 Å². The van der Waals surface area contributed by atoms with Gasteiger partial charge in [-0.3, -0.25) is 0 Å². The van der Waals surface area contributed by atoms with Gasteiger partial charge in [-0.15, -0.1) is 0 Å². The summed E-state index contributed by atoms with van der Waals surface area (Å²) in [6.07, 6.45) is -2.24. The monoisotopic (exact) mass is 339 g/mol. The molecule has 0 amide bonds. The predicted molar refractivity (Wildman–Crippen MR) is 74.1 cm³/mol. The molecule has 1 aromatic carbocycles. The molecule has 3 aromatic rings. The van der Waals surface area contributed by atoms with Crippen LogP contribution in [0.3, 0.4) is 0 Å². The van der Waals surface area contributed by atoms with Crippen molar-refractivity contribution in [1.29, 1.82) is 0 Å². The number of hydrogen-bond acceptors (Lipinski definition) is 6. The van der Waals surface area contributed by atoms with Crippen LogP contribution in [0.5, 0.6) is 0 Å². The highest BCUT2D eigenvalue weighted by Gasteiger charge is 2.38. The number of rotatable bonds is 4. The number of anilines is 1.